The zero-order chi connectivity index (χ0) is 12.8. The summed E-state index contributed by atoms with van der Waals surface area (Å²) in [6, 6.07) is 6.60. The minimum atomic E-state index is -0.290. The second kappa shape index (κ2) is 4.44. The van der Waals surface area contributed by atoms with E-state index >= 15 is 0 Å². The van der Waals surface area contributed by atoms with Gasteiger partial charge in [0.25, 0.3) is 0 Å². The number of halogens is 1. The first-order valence-electron chi connectivity index (χ1n) is 5.79. The Morgan fingerprint density at radius 1 is 1.39 bits per heavy atom. The van der Waals surface area contributed by atoms with Gasteiger partial charge in [0.05, 0.1) is 20.4 Å². The summed E-state index contributed by atoms with van der Waals surface area (Å²) in [7, 11) is 0. The van der Waals surface area contributed by atoms with Gasteiger partial charge in [-0.2, -0.15) is 5.26 Å². The minimum Gasteiger partial charge on any atom is -0.238 e. The third-order valence-corrected chi connectivity index (χ3v) is 6.24. The smallest absolute Gasteiger partial charge is 0.114 e. The van der Waals surface area contributed by atoms with Crippen molar-refractivity contribution >= 4 is 38.6 Å². The third-order valence-electron chi connectivity index (χ3n) is 3.43. The summed E-state index contributed by atoms with van der Waals surface area (Å²) in [6.07, 6.45) is 3.07. The number of nitrogens with zero attached hydrogens (tertiary/aromatic N) is 2. The van der Waals surface area contributed by atoms with Crippen LogP contribution in [-0.4, -0.2) is 4.98 Å². The van der Waals surface area contributed by atoms with Gasteiger partial charge in [0.1, 0.15) is 10.4 Å². The standard InChI is InChI=1S/C13H11BrN2S2/c1-8-11(9-3-4-10(14)18-9)16-12(17-8)13(7-15)5-2-6-13/h3-4H,2,5-6H2,1H3. The Kier molecular flexibility index (Phi) is 3.05. The minimum absolute atomic E-state index is 0.290. The monoisotopic (exact) mass is 338 g/mol. The number of thiazole rings is 1. The molecule has 5 heteroatoms. The molecule has 2 heterocycles. The van der Waals surface area contributed by atoms with E-state index in [0.29, 0.717) is 0 Å². The lowest BCUT2D eigenvalue weighted by molar-refractivity contribution is 0.323. The topological polar surface area (TPSA) is 36.7 Å². The molecule has 0 N–H and O–H groups in total. The van der Waals surface area contributed by atoms with Crippen molar-refractivity contribution in [3.8, 4) is 16.6 Å². The van der Waals surface area contributed by atoms with Crippen LogP contribution in [0, 0.1) is 18.3 Å². The molecular weight excluding hydrogens is 328 g/mol. The number of hydrogen-bond acceptors (Lipinski definition) is 4. The van der Waals surface area contributed by atoms with Crippen LogP contribution in [0.2, 0.25) is 0 Å². The number of aryl methyl sites for hydroxylation is 1. The number of rotatable bonds is 2. The van der Waals surface area contributed by atoms with Gasteiger partial charge in [-0.25, -0.2) is 4.98 Å². The molecule has 1 fully saturated rings. The molecule has 0 amide bonds. The van der Waals surface area contributed by atoms with Crippen molar-refractivity contribution in [2.24, 2.45) is 0 Å². The fraction of sp³-hybridized carbons (Fsp3) is 0.385. The molecule has 0 aromatic carbocycles. The summed E-state index contributed by atoms with van der Waals surface area (Å²) in [5, 5.41) is 10.4. The van der Waals surface area contributed by atoms with Crippen molar-refractivity contribution < 1.29 is 0 Å². The van der Waals surface area contributed by atoms with Gasteiger partial charge in [-0.15, -0.1) is 22.7 Å². The van der Waals surface area contributed by atoms with Gasteiger partial charge in [-0.1, -0.05) is 0 Å². The molecule has 92 valence electrons. The maximum atomic E-state index is 9.38. The van der Waals surface area contributed by atoms with Crippen LogP contribution in [0.3, 0.4) is 0 Å². The highest BCUT2D eigenvalue weighted by Crippen LogP contribution is 2.46. The summed E-state index contributed by atoms with van der Waals surface area (Å²) >= 11 is 6.85. The van der Waals surface area contributed by atoms with E-state index in [4.69, 9.17) is 4.98 Å². The molecule has 2 nitrogen and oxygen atoms in total. The maximum Gasteiger partial charge on any atom is 0.114 e. The van der Waals surface area contributed by atoms with Crippen LogP contribution in [0.25, 0.3) is 10.6 Å². The normalized spacial score (nSPS) is 17.2. The molecule has 3 rings (SSSR count). The molecular formula is C13H11BrN2S2. The molecule has 0 saturated heterocycles. The SMILES string of the molecule is Cc1sc(C2(C#N)CCC2)nc1-c1ccc(Br)s1. The highest BCUT2D eigenvalue weighted by molar-refractivity contribution is 9.11. The fourth-order valence-corrected chi connectivity index (χ4v) is 4.80. The van der Waals surface area contributed by atoms with Crippen LogP contribution in [0.4, 0.5) is 0 Å². The van der Waals surface area contributed by atoms with Crippen LogP contribution in [0.15, 0.2) is 15.9 Å². The van der Waals surface area contributed by atoms with E-state index in [1.165, 1.54) is 9.75 Å². The van der Waals surface area contributed by atoms with Gasteiger partial charge in [0, 0.05) is 4.88 Å². The zero-order valence-electron chi connectivity index (χ0n) is 9.86. The van der Waals surface area contributed by atoms with Crippen LogP contribution in [-0.2, 0) is 5.41 Å². The molecule has 1 aliphatic rings. The maximum absolute atomic E-state index is 9.38. The Morgan fingerprint density at radius 2 is 2.17 bits per heavy atom. The molecule has 0 radical (unpaired) electrons. The highest BCUT2D eigenvalue weighted by Gasteiger charge is 2.42. The Labute approximate surface area is 122 Å². The Balaban J connectivity index is 2.04. The van der Waals surface area contributed by atoms with E-state index in [0.717, 1.165) is 33.8 Å². The lowest BCUT2D eigenvalue weighted by atomic mass is 9.70. The molecule has 0 aliphatic heterocycles. The van der Waals surface area contributed by atoms with E-state index in [9.17, 15) is 5.26 Å². The van der Waals surface area contributed by atoms with Crippen LogP contribution >= 0.6 is 38.6 Å². The van der Waals surface area contributed by atoms with Gasteiger partial charge in [0.2, 0.25) is 0 Å². The summed E-state index contributed by atoms with van der Waals surface area (Å²) in [5.41, 5.74) is 0.759. The van der Waals surface area contributed by atoms with Crippen molar-refractivity contribution in [3.63, 3.8) is 0 Å². The third kappa shape index (κ3) is 1.83. The molecule has 1 aliphatic carbocycles. The van der Waals surface area contributed by atoms with Crippen molar-refractivity contribution in [1.82, 2.24) is 4.98 Å². The average Bonchev–Trinajstić information content (AvgIpc) is 2.85. The quantitative estimate of drug-likeness (QED) is 0.781. The highest BCUT2D eigenvalue weighted by atomic mass is 79.9. The van der Waals surface area contributed by atoms with Gasteiger partial charge < -0.3 is 0 Å². The Morgan fingerprint density at radius 3 is 2.67 bits per heavy atom. The van der Waals surface area contributed by atoms with Crippen molar-refractivity contribution in [1.29, 1.82) is 5.26 Å². The molecule has 1 saturated carbocycles. The lowest BCUT2D eigenvalue weighted by Crippen LogP contribution is -2.32. The lowest BCUT2D eigenvalue weighted by Gasteiger charge is -2.32. The first kappa shape index (κ1) is 12.3. The summed E-state index contributed by atoms with van der Waals surface area (Å²) in [4.78, 5) is 7.13. The number of hydrogen-bond donors (Lipinski definition) is 0. The predicted octanol–water partition coefficient (Wildman–Crippen LogP) is 4.89. The molecule has 2 aromatic rings. The first-order valence-corrected chi connectivity index (χ1v) is 8.22. The number of thiophene rings is 1. The van der Waals surface area contributed by atoms with Crippen LogP contribution in [0.5, 0.6) is 0 Å². The second-order valence-electron chi connectivity index (χ2n) is 4.58. The van der Waals surface area contributed by atoms with E-state index in [1.54, 1.807) is 22.7 Å². The van der Waals surface area contributed by atoms with E-state index in [1.807, 2.05) is 6.07 Å². The largest absolute Gasteiger partial charge is 0.238 e. The van der Waals surface area contributed by atoms with Crippen LogP contribution < -0.4 is 0 Å². The van der Waals surface area contributed by atoms with Gasteiger partial charge in [-0.05, 0) is 54.2 Å². The molecule has 0 bridgehead atoms. The fourth-order valence-electron chi connectivity index (χ4n) is 2.18. The zero-order valence-corrected chi connectivity index (χ0v) is 13.1. The van der Waals surface area contributed by atoms with Gasteiger partial charge in [0.15, 0.2) is 0 Å². The molecule has 2 aromatic heterocycles. The molecule has 0 unspecified atom stereocenters. The van der Waals surface area contributed by atoms with Crippen molar-refractivity contribution in [3.05, 3.63) is 25.8 Å². The van der Waals surface area contributed by atoms with Crippen LogP contribution in [0.1, 0.15) is 29.1 Å². The molecule has 0 spiro atoms. The molecule has 18 heavy (non-hydrogen) atoms. The molecule has 0 atom stereocenters. The Hall–Kier alpha value is -0.700. The van der Waals surface area contributed by atoms with Crippen molar-refractivity contribution in [2.45, 2.75) is 31.6 Å². The average molecular weight is 339 g/mol. The second-order valence-corrected chi connectivity index (χ2v) is 8.24. The first-order chi connectivity index (χ1) is 8.64. The summed E-state index contributed by atoms with van der Waals surface area (Å²) < 4.78 is 1.12. The number of aromatic nitrogens is 1. The van der Waals surface area contributed by atoms with Crippen molar-refractivity contribution in [2.75, 3.05) is 0 Å². The van der Waals surface area contributed by atoms with Gasteiger partial charge in [-0.3, -0.25) is 0 Å². The summed E-state index contributed by atoms with van der Waals surface area (Å²) in [5.74, 6) is 0. The van der Waals surface area contributed by atoms with E-state index < -0.39 is 0 Å². The Bertz CT molecular complexity index is 632. The van der Waals surface area contributed by atoms with Gasteiger partial charge >= 0.3 is 0 Å². The van der Waals surface area contributed by atoms with E-state index in [-0.39, 0.29) is 5.41 Å². The predicted molar refractivity (Wildman–Crippen MR) is 79.0 cm³/mol. The summed E-state index contributed by atoms with van der Waals surface area (Å²) in [6.45, 7) is 2.09. The van der Waals surface area contributed by atoms with E-state index in [2.05, 4.69) is 35.0 Å². The number of nitriles is 1.